The van der Waals surface area contributed by atoms with E-state index >= 15 is 52.7 Å². The molecule has 0 unspecified atom stereocenters. The molecule has 0 aliphatic heterocycles. The van der Waals surface area contributed by atoms with E-state index in [0.29, 0.717) is 36.4 Å². The first-order chi connectivity index (χ1) is 40.9. The first-order valence-corrected chi connectivity index (χ1v) is 23.2. The van der Waals surface area contributed by atoms with Crippen molar-refractivity contribution in [3.8, 4) is 101 Å². The predicted molar refractivity (Wildman–Crippen MR) is 248 cm³/mol. The highest BCUT2D eigenvalue weighted by Crippen LogP contribution is 2.46. The lowest BCUT2D eigenvalue weighted by Crippen LogP contribution is -2.10. The maximum absolute atomic E-state index is 16.0. The van der Waals surface area contributed by atoms with Gasteiger partial charge in [-0.25, -0.2) is 133 Å². The molecule has 10 aromatic rings. The van der Waals surface area contributed by atoms with Gasteiger partial charge in [-0.2, -0.15) is 0 Å². The van der Waals surface area contributed by atoms with Crippen molar-refractivity contribution in [1.29, 1.82) is 0 Å². The van der Waals surface area contributed by atoms with Crippen LogP contribution < -0.4 is 0 Å². The molecule has 10 rings (SSSR count). The lowest BCUT2D eigenvalue weighted by molar-refractivity contribution is 0.379. The van der Waals surface area contributed by atoms with E-state index in [0.717, 1.165) is 36.4 Å². The first kappa shape index (κ1) is 60.2. The standard InChI is InChI=1S/C57H12F27N3/c58-28-19(29(59)35(65)22(34(28)64)25-40(70)46(76)52(82)47(77)41(25)71)13-4-1-7-16(10-13)55-85-56(17-8-2-5-14(11-17)20-30(60)36(66)23(37(67)31(20)61)26-42(72)48(78)53(83)49(79)43(26)73)87-57(86-55)18-9-3-6-15(12-18)21-32(62)38(68)24(39(69)33(21)63)27-44(74)50(80)54(84)51(81)45(27)75/h1-12H. The molecule has 0 atom stereocenters. The highest BCUT2D eigenvalue weighted by molar-refractivity contribution is 5.81. The summed E-state index contributed by atoms with van der Waals surface area (Å²) in [5, 5.41) is 0. The summed E-state index contributed by atoms with van der Waals surface area (Å²) >= 11 is 0. The molecule has 1 heterocycles. The Morgan fingerprint density at radius 2 is 0.276 bits per heavy atom. The van der Waals surface area contributed by atoms with Crippen molar-refractivity contribution in [2.45, 2.75) is 0 Å². The molecule has 1 aromatic heterocycles. The van der Waals surface area contributed by atoms with Gasteiger partial charge in [0.05, 0.1) is 50.1 Å². The Kier molecular flexibility index (Phi) is 15.1. The molecule has 0 N–H and O–H groups in total. The fourth-order valence-electron chi connectivity index (χ4n) is 8.99. The van der Waals surface area contributed by atoms with E-state index in [4.69, 9.17) is 0 Å². The van der Waals surface area contributed by atoms with Crippen molar-refractivity contribution < 1.29 is 119 Å². The molecule has 30 heteroatoms. The summed E-state index contributed by atoms with van der Waals surface area (Å²) in [4.78, 5) is 12.3. The van der Waals surface area contributed by atoms with Crippen LogP contribution in [0.25, 0.3) is 101 Å². The van der Waals surface area contributed by atoms with Crippen LogP contribution in [0.5, 0.6) is 0 Å². The lowest BCUT2D eigenvalue weighted by Gasteiger charge is -2.16. The highest BCUT2D eigenvalue weighted by atomic mass is 19.2. The summed E-state index contributed by atoms with van der Waals surface area (Å²) in [6.45, 7) is 0. The summed E-state index contributed by atoms with van der Waals surface area (Å²) in [6.07, 6.45) is 0. The van der Waals surface area contributed by atoms with Crippen molar-refractivity contribution in [2.24, 2.45) is 0 Å². The lowest BCUT2D eigenvalue weighted by atomic mass is 9.95. The van der Waals surface area contributed by atoms with Crippen LogP contribution in [-0.2, 0) is 0 Å². The molecule has 0 aliphatic rings. The maximum atomic E-state index is 16.0. The van der Waals surface area contributed by atoms with E-state index in [-0.39, 0.29) is 0 Å². The minimum Gasteiger partial charge on any atom is -0.208 e. The van der Waals surface area contributed by atoms with Crippen LogP contribution in [0.3, 0.4) is 0 Å². The second-order valence-corrected chi connectivity index (χ2v) is 17.9. The molecule has 0 saturated heterocycles. The van der Waals surface area contributed by atoms with Gasteiger partial charge in [-0.15, -0.1) is 0 Å². The fourth-order valence-corrected chi connectivity index (χ4v) is 8.99. The van der Waals surface area contributed by atoms with Gasteiger partial charge in [-0.1, -0.05) is 54.6 Å². The highest BCUT2D eigenvalue weighted by Gasteiger charge is 2.39. The first-order valence-electron chi connectivity index (χ1n) is 23.2. The molecular formula is C57H12F27N3. The molecule has 0 saturated carbocycles. The molecule has 0 aliphatic carbocycles. The van der Waals surface area contributed by atoms with Crippen LogP contribution in [-0.4, -0.2) is 15.0 Å². The van der Waals surface area contributed by atoms with Gasteiger partial charge in [0.25, 0.3) is 0 Å². The number of nitrogens with zero attached hydrogens (tertiary/aromatic N) is 3. The normalized spacial score (nSPS) is 11.6. The zero-order chi connectivity index (χ0) is 63.6. The second kappa shape index (κ2) is 21.9. The van der Waals surface area contributed by atoms with Gasteiger partial charge in [0, 0.05) is 16.7 Å². The van der Waals surface area contributed by atoms with E-state index in [1.54, 1.807) is 0 Å². The monoisotopic (exact) mass is 1250 g/mol. The molecule has 0 spiro atoms. The number of hydrogen-bond donors (Lipinski definition) is 0. The zero-order valence-electron chi connectivity index (χ0n) is 41.0. The summed E-state index contributed by atoms with van der Waals surface area (Å²) < 4.78 is 405. The third-order valence-electron chi connectivity index (χ3n) is 13.0. The van der Waals surface area contributed by atoms with E-state index < -0.39 is 258 Å². The van der Waals surface area contributed by atoms with Crippen molar-refractivity contribution in [3.05, 3.63) is 230 Å². The third-order valence-corrected chi connectivity index (χ3v) is 13.0. The Hall–Kier alpha value is -9.90. The van der Waals surface area contributed by atoms with E-state index in [9.17, 15) is 65.9 Å². The Morgan fingerprint density at radius 1 is 0.149 bits per heavy atom. The summed E-state index contributed by atoms with van der Waals surface area (Å²) in [7, 11) is 0. The van der Waals surface area contributed by atoms with E-state index in [1.807, 2.05) is 0 Å². The van der Waals surface area contributed by atoms with Crippen LogP contribution in [0.2, 0.25) is 0 Å². The average Bonchev–Trinajstić information content (AvgIpc) is 1.13. The minimum atomic E-state index is -2.88. The summed E-state index contributed by atoms with van der Waals surface area (Å²) in [5.41, 5.74) is -24.8. The molecule has 0 amide bonds. The Morgan fingerprint density at radius 3 is 0.448 bits per heavy atom. The number of benzene rings is 9. The molecule has 9 aromatic carbocycles. The minimum absolute atomic E-state index is 0.568. The fraction of sp³-hybridized carbons (Fsp3) is 0. The van der Waals surface area contributed by atoms with Gasteiger partial charge in [0.1, 0.15) is 0 Å². The summed E-state index contributed by atoms with van der Waals surface area (Å²) in [6, 6.07) is 8.92. The topological polar surface area (TPSA) is 38.7 Å². The van der Waals surface area contributed by atoms with Crippen LogP contribution in [0, 0.1) is 157 Å². The van der Waals surface area contributed by atoms with Crippen molar-refractivity contribution in [1.82, 2.24) is 15.0 Å². The molecule has 0 radical (unpaired) electrons. The van der Waals surface area contributed by atoms with Gasteiger partial charge in [0.15, 0.2) is 157 Å². The molecule has 87 heavy (non-hydrogen) atoms. The number of hydrogen-bond acceptors (Lipinski definition) is 3. The van der Waals surface area contributed by atoms with Gasteiger partial charge in [0.2, 0.25) is 17.5 Å². The second-order valence-electron chi connectivity index (χ2n) is 17.9. The third kappa shape index (κ3) is 9.29. The molecule has 444 valence electrons. The number of aromatic nitrogens is 3. The number of rotatable bonds is 9. The maximum Gasteiger partial charge on any atom is 0.200 e. The van der Waals surface area contributed by atoms with Crippen LogP contribution in [0.1, 0.15) is 0 Å². The zero-order valence-corrected chi connectivity index (χ0v) is 41.0. The molecule has 3 nitrogen and oxygen atoms in total. The Balaban J connectivity index is 1.17. The van der Waals surface area contributed by atoms with Crippen molar-refractivity contribution >= 4 is 0 Å². The quantitative estimate of drug-likeness (QED) is 0.0821. The van der Waals surface area contributed by atoms with Crippen LogP contribution in [0.4, 0.5) is 119 Å². The van der Waals surface area contributed by atoms with E-state index in [1.165, 1.54) is 0 Å². The van der Waals surface area contributed by atoms with Crippen LogP contribution >= 0.6 is 0 Å². The van der Waals surface area contributed by atoms with Crippen molar-refractivity contribution in [3.63, 3.8) is 0 Å². The molecular weight excluding hydrogens is 1240 g/mol. The smallest absolute Gasteiger partial charge is 0.200 e. The van der Waals surface area contributed by atoms with Gasteiger partial charge >= 0.3 is 0 Å². The summed E-state index contributed by atoms with van der Waals surface area (Å²) in [5.74, 6) is -77.4. The van der Waals surface area contributed by atoms with Gasteiger partial charge < -0.3 is 0 Å². The van der Waals surface area contributed by atoms with Gasteiger partial charge in [-0.3, -0.25) is 0 Å². The Bertz CT molecular complexity index is 4030. The largest absolute Gasteiger partial charge is 0.208 e. The van der Waals surface area contributed by atoms with Crippen molar-refractivity contribution in [2.75, 3.05) is 0 Å². The number of halogens is 27. The van der Waals surface area contributed by atoms with Gasteiger partial charge in [-0.05, 0) is 34.9 Å². The predicted octanol–water partition coefficient (Wildman–Crippen LogP) is 18.6. The molecule has 0 fully saturated rings. The van der Waals surface area contributed by atoms with Crippen LogP contribution in [0.15, 0.2) is 72.8 Å². The van der Waals surface area contributed by atoms with E-state index in [2.05, 4.69) is 15.0 Å². The molecule has 0 bridgehead atoms. The average molecular weight is 1250 g/mol. The Labute approximate surface area is 463 Å². The SMILES string of the molecule is Fc1c(F)c(F)c(-c2c(F)c(F)c(-c3cccc(-c4nc(-c5cccc(-c6c(F)c(F)c(-c7c(F)c(F)c(F)c(F)c7F)c(F)c6F)c5)nc(-c5cccc(-c6c(F)c(F)c(-c7c(F)c(F)c(F)c(F)c7F)c(F)c6F)c5)n4)c3)c(F)c2F)c(F)c1F.